The smallest absolute Gasteiger partial charge is 0.325 e. The highest BCUT2D eigenvalue weighted by molar-refractivity contribution is 7.19. The van der Waals surface area contributed by atoms with Crippen LogP contribution < -0.4 is 5.48 Å². The molecule has 0 fully saturated rings. The predicted octanol–water partition coefficient (Wildman–Crippen LogP) is 4.18. The van der Waals surface area contributed by atoms with Gasteiger partial charge in [-0.3, -0.25) is 4.79 Å². The van der Waals surface area contributed by atoms with E-state index in [0.717, 1.165) is 12.8 Å². The van der Waals surface area contributed by atoms with Crippen LogP contribution >= 0.6 is 34.5 Å². The number of thiazole rings is 1. The van der Waals surface area contributed by atoms with Gasteiger partial charge in [0.25, 0.3) is 0 Å². The van der Waals surface area contributed by atoms with E-state index in [1.807, 2.05) is 20.8 Å². The van der Waals surface area contributed by atoms with Crippen molar-refractivity contribution < 1.29 is 9.63 Å². The summed E-state index contributed by atoms with van der Waals surface area (Å²) in [6, 6.07) is 0.140. The maximum Gasteiger partial charge on any atom is 0.325 e. The molecular formula is C12H18Cl2N2O2S. The Hall–Kier alpha value is -0.360. The Morgan fingerprint density at radius 3 is 2.58 bits per heavy atom. The highest BCUT2D eigenvalue weighted by Gasteiger charge is 2.22. The van der Waals surface area contributed by atoms with E-state index in [-0.39, 0.29) is 24.3 Å². The first-order valence-corrected chi connectivity index (χ1v) is 7.82. The summed E-state index contributed by atoms with van der Waals surface area (Å²) >= 11 is 13.1. The van der Waals surface area contributed by atoms with E-state index >= 15 is 0 Å². The Balaban J connectivity index is 2.57. The Kier molecular flexibility index (Phi) is 7.07. The minimum Gasteiger partial charge on any atom is -0.370 e. The molecule has 1 N–H and O–H groups in total. The molecule has 0 aliphatic carbocycles. The molecule has 0 saturated carbocycles. The van der Waals surface area contributed by atoms with Crippen LogP contribution in [0, 0.1) is 0 Å². The van der Waals surface area contributed by atoms with E-state index in [9.17, 15) is 4.79 Å². The number of nitrogens with zero attached hydrogens (tertiary/aromatic N) is 1. The molecule has 0 amide bonds. The first-order valence-electron chi connectivity index (χ1n) is 6.24. The van der Waals surface area contributed by atoms with Crippen LogP contribution in [-0.4, -0.2) is 17.0 Å². The Morgan fingerprint density at radius 1 is 1.42 bits per heavy atom. The number of hydroxylamine groups is 1. The van der Waals surface area contributed by atoms with Gasteiger partial charge in [0, 0.05) is 12.0 Å². The van der Waals surface area contributed by atoms with Crippen molar-refractivity contribution in [2.45, 2.75) is 52.0 Å². The first-order chi connectivity index (χ1) is 8.97. The molecule has 19 heavy (non-hydrogen) atoms. The monoisotopic (exact) mass is 324 g/mol. The molecular weight excluding hydrogens is 307 g/mol. The Labute approximate surface area is 127 Å². The van der Waals surface area contributed by atoms with Gasteiger partial charge in [-0.15, -0.1) is 0 Å². The molecule has 0 radical (unpaired) electrons. The predicted molar refractivity (Wildman–Crippen MR) is 78.8 cm³/mol. The molecule has 7 heteroatoms. The van der Waals surface area contributed by atoms with Gasteiger partial charge in [-0.1, -0.05) is 48.4 Å². The van der Waals surface area contributed by atoms with E-state index in [4.69, 9.17) is 28.0 Å². The van der Waals surface area contributed by atoms with Crippen LogP contribution in [0.5, 0.6) is 0 Å². The number of carbonyl (C=O) groups is 1. The summed E-state index contributed by atoms with van der Waals surface area (Å²) in [6.45, 7) is 5.93. The van der Waals surface area contributed by atoms with Crippen LogP contribution in [-0.2, 0) is 9.63 Å². The summed E-state index contributed by atoms with van der Waals surface area (Å²) in [5.41, 5.74) is 3.39. The van der Waals surface area contributed by atoms with Gasteiger partial charge in [0.15, 0.2) is 4.47 Å². The van der Waals surface area contributed by atoms with Crippen molar-refractivity contribution in [3.63, 3.8) is 0 Å². The summed E-state index contributed by atoms with van der Waals surface area (Å²) in [4.78, 5) is 20.9. The van der Waals surface area contributed by atoms with E-state index in [1.165, 1.54) is 11.3 Å². The van der Waals surface area contributed by atoms with Crippen LogP contribution in [0.4, 0.5) is 0 Å². The number of nitrogens with one attached hydrogen (secondary N) is 1. The second kappa shape index (κ2) is 8.04. The summed E-state index contributed by atoms with van der Waals surface area (Å²) in [6.07, 6.45) is 1.87. The van der Waals surface area contributed by atoms with Crippen molar-refractivity contribution >= 4 is 40.5 Å². The van der Waals surface area contributed by atoms with E-state index in [0.29, 0.717) is 14.5 Å². The lowest BCUT2D eigenvalue weighted by Crippen LogP contribution is -2.29. The van der Waals surface area contributed by atoms with Gasteiger partial charge in [-0.05, 0) is 19.8 Å². The normalized spacial score (nSPS) is 14.2. The number of halogens is 2. The van der Waals surface area contributed by atoms with Crippen LogP contribution in [0.2, 0.25) is 8.80 Å². The molecule has 0 aromatic carbocycles. The van der Waals surface area contributed by atoms with Crippen LogP contribution in [0.25, 0.3) is 0 Å². The van der Waals surface area contributed by atoms with Crippen LogP contribution in [0.3, 0.4) is 0 Å². The average molecular weight is 325 g/mol. The summed E-state index contributed by atoms with van der Waals surface area (Å²) in [7, 11) is 0. The molecule has 0 aliphatic heterocycles. The topological polar surface area (TPSA) is 51.2 Å². The Morgan fingerprint density at radius 2 is 2.11 bits per heavy atom. The van der Waals surface area contributed by atoms with Crippen molar-refractivity contribution in [1.82, 2.24) is 10.5 Å². The minimum absolute atomic E-state index is 0.0671. The zero-order valence-electron chi connectivity index (χ0n) is 11.2. The van der Waals surface area contributed by atoms with Gasteiger partial charge in [-0.25, -0.2) is 4.98 Å². The molecule has 0 aliphatic rings. The van der Waals surface area contributed by atoms with E-state index < -0.39 is 0 Å². The quantitative estimate of drug-likeness (QED) is 0.764. The van der Waals surface area contributed by atoms with Gasteiger partial charge >= 0.3 is 5.97 Å². The molecule has 0 saturated heterocycles. The minimum atomic E-state index is -0.313. The second-order valence-corrected chi connectivity index (χ2v) is 6.52. The lowest BCUT2D eigenvalue weighted by atomic mass is 10.00. The maximum atomic E-state index is 11.7. The first kappa shape index (κ1) is 16.7. The van der Waals surface area contributed by atoms with Gasteiger partial charge < -0.3 is 4.84 Å². The fourth-order valence-corrected chi connectivity index (χ4v) is 2.93. The summed E-state index contributed by atoms with van der Waals surface area (Å²) in [5.74, 6) is -0.380. The number of rotatable bonds is 7. The molecule has 2 unspecified atom stereocenters. The van der Waals surface area contributed by atoms with Crippen molar-refractivity contribution in [3.8, 4) is 0 Å². The zero-order chi connectivity index (χ0) is 14.4. The third-order valence-electron chi connectivity index (χ3n) is 2.86. The third-order valence-corrected chi connectivity index (χ3v) is 4.25. The molecule has 108 valence electrons. The maximum absolute atomic E-state index is 11.7. The van der Waals surface area contributed by atoms with Crippen LogP contribution in [0.1, 0.15) is 51.6 Å². The lowest BCUT2D eigenvalue weighted by Gasteiger charge is -2.14. The van der Waals surface area contributed by atoms with Gasteiger partial charge in [0.2, 0.25) is 0 Å². The second-order valence-electron chi connectivity index (χ2n) is 4.34. The van der Waals surface area contributed by atoms with Crippen molar-refractivity contribution in [3.05, 3.63) is 14.5 Å². The number of hydrogen-bond acceptors (Lipinski definition) is 5. The highest BCUT2D eigenvalue weighted by atomic mass is 35.5. The SMILES string of the molecule is CCC(C)NOC(=O)CC(CC)c1nc(Cl)sc1Cl. The molecule has 0 spiro atoms. The number of hydrogen-bond donors (Lipinski definition) is 1. The van der Waals surface area contributed by atoms with Crippen molar-refractivity contribution in [2.75, 3.05) is 0 Å². The lowest BCUT2D eigenvalue weighted by molar-refractivity contribution is -0.153. The summed E-state index contributed by atoms with van der Waals surface area (Å²) in [5, 5.41) is 0. The third kappa shape index (κ3) is 5.26. The van der Waals surface area contributed by atoms with Crippen molar-refractivity contribution in [1.29, 1.82) is 0 Å². The van der Waals surface area contributed by atoms with E-state index in [1.54, 1.807) is 0 Å². The fraction of sp³-hybridized carbons (Fsp3) is 0.667. The van der Waals surface area contributed by atoms with Gasteiger partial charge in [0.05, 0.1) is 12.1 Å². The molecule has 1 rings (SSSR count). The molecule has 2 atom stereocenters. The largest absolute Gasteiger partial charge is 0.370 e. The average Bonchev–Trinajstić information content (AvgIpc) is 2.72. The molecule has 1 aromatic rings. The van der Waals surface area contributed by atoms with Crippen LogP contribution in [0.15, 0.2) is 0 Å². The number of carbonyl (C=O) groups excluding carboxylic acids is 1. The Bertz CT molecular complexity index is 426. The molecule has 1 heterocycles. The molecule has 0 bridgehead atoms. The highest BCUT2D eigenvalue weighted by Crippen LogP contribution is 2.35. The zero-order valence-corrected chi connectivity index (χ0v) is 13.5. The molecule has 4 nitrogen and oxygen atoms in total. The fourth-order valence-electron chi connectivity index (χ4n) is 1.47. The van der Waals surface area contributed by atoms with Crippen molar-refractivity contribution in [2.24, 2.45) is 0 Å². The molecule has 1 aromatic heterocycles. The van der Waals surface area contributed by atoms with Gasteiger partial charge in [-0.2, -0.15) is 5.48 Å². The summed E-state index contributed by atoms with van der Waals surface area (Å²) < 4.78 is 0.934. The number of aromatic nitrogens is 1. The standard InChI is InChI=1S/C12H18Cl2N2O2S/c1-4-7(3)16-18-9(17)6-8(5-2)10-11(13)19-12(14)15-10/h7-8,16H,4-6H2,1-3H3. The van der Waals surface area contributed by atoms with E-state index in [2.05, 4.69) is 10.5 Å². The van der Waals surface area contributed by atoms with Gasteiger partial charge in [0.1, 0.15) is 4.34 Å².